The van der Waals surface area contributed by atoms with Gasteiger partial charge in [0.2, 0.25) is 0 Å². The summed E-state index contributed by atoms with van der Waals surface area (Å²) in [5.74, 6) is -0.308. The molecular formula is C22H14FN7. The fraction of sp³-hybridized carbons (Fsp3) is 0. The minimum atomic E-state index is -0.308. The SMILES string of the molecule is Fc1ccccc1-c1nccc2[nH]c(-c3n[nH]c4ccc(-c5cn[nH]c5)nc34)cc12. The van der Waals surface area contributed by atoms with Gasteiger partial charge in [0, 0.05) is 34.4 Å². The van der Waals surface area contributed by atoms with E-state index in [1.807, 2.05) is 24.3 Å². The summed E-state index contributed by atoms with van der Waals surface area (Å²) in [6, 6.07) is 14.3. The standard InChI is InChI=1S/C22H14FN7/c23-15-4-2-1-3-13(15)20-14-9-19(27-17(14)7-8-24-20)22-21-18(29-30-22)6-5-16(28-21)12-10-25-26-11-12/h1-11,27H,(H,25,26)(H,29,30). The van der Waals surface area contributed by atoms with Gasteiger partial charge in [-0.05, 0) is 36.4 Å². The molecule has 6 rings (SSSR count). The third-order valence-corrected chi connectivity index (χ3v) is 5.13. The first-order valence-electron chi connectivity index (χ1n) is 9.35. The minimum Gasteiger partial charge on any atom is -0.353 e. The average molecular weight is 395 g/mol. The Morgan fingerprint density at radius 1 is 0.933 bits per heavy atom. The topological polar surface area (TPSA) is 98.9 Å². The van der Waals surface area contributed by atoms with Crippen molar-refractivity contribution in [2.45, 2.75) is 0 Å². The maximum atomic E-state index is 14.4. The van der Waals surface area contributed by atoms with E-state index >= 15 is 0 Å². The number of aromatic nitrogens is 7. The molecule has 0 unspecified atom stereocenters. The molecule has 0 amide bonds. The van der Waals surface area contributed by atoms with Crippen molar-refractivity contribution in [2.24, 2.45) is 0 Å². The third-order valence-electron chi connectivity index (χ3n) is 5.13. The number of nitrogens with zero attached hydrogens (tertiary/aromatic N) is 4. The second-order valence-corrected chi connectivity index (χ2v) is 6.94. The zero-order valence-electron chi connectivity index (χ0n) is 15.5. The van der Waals surface area contributed by atoms with E-state index in [1.165, 1.54) is 6.07 Å². The van der Waals surface area contributed by atoms with Gasteiger partial charge in [-0.15, -0.1) is 0 Å². The van der Waals surface area contributed by atoms with Crippen LogP contribution in [0, 0.1) is 5.82 Å². The summed E-state index contributed by atoms with van der Waals surface area (Å²) in [7, 11) is 0. The van der Waals surface area contributed by atoms with Crippen LogP contribution in [0.4, 0.5) is 4.39 Å². The molecule has 5 heterocycles. The molecule has 0 aliphatic carbocycles. The molecule has 0 saturated carbocycles. The molecule has 8 heteroatoms. The summed E-state index contributed by atoms with van der Waals surface area (Å²) in [5, 5.41) is 15.1. The van der Waals surface area contributed by atoms with Gasteiger partial charge in [0.25, 0.3) is 0 Å². The lowest BCUT2D eigenvalue weighted by Gasteiger charge is -2.03. The molecule has 0 saturated heterocycles. The highest BCUT2D eigenvalue weighted by atomic mass is 19.1. The normalized spacial score (nSPS) is 11.5. The highest BCUT2D eigenvalue weighted by Crippen LogP contribution is 2.33. The zero-order valence-corrected chi connectivity index (χ0v) is 15.5. The predicted octanol–water partition coefficient (Wildman–Crippen LogP) is 4.70. The van der Waals surface area contributed by atoms with Crippen LogP contribution in [0.5, 0.6) is 0 Å². The number of pyridine rings is 2. The molecule has 30 heavy (non-hydrogen) atoms. The van der Waals surface area contributed by atoms with Crippen LogP contribution in [0.3, 0.4) is 0 Å². The Bertz CT molecular complexity index is 1510. The molecule has 0 fully saturated rings. The molecule has 144 valence electrons. The van der Waals surface area contributed by atoms with Crippen molar-refractivity contribution in [1.82, 2.24) is 35.3 Å². The average Bonchev–Trinajstić information content (AvgIpc) is 3.51. The lowest BCUT2D eigenvalue weighted by Crippen LogP contribution is -1.87. The van der Waals surface area contributed by atoms with Crippen molar-refractivity contribution in [3.8, 4) is 33.9 Å². The first-order valence-corrected chi connectivity index (χ1v) is 9.35. The second kappa shape index (κ2) is 6.35. The molecule has 0 radical (unpaired) electrons. The Morgan fingerprint density at radius 2 is 1.87 bits per heavy atom. The first-order chi connectivity index (χ1) is 14.8. The van der Waals surface area contributed by atoms with Gasteiger partial charge in [-0.3, -0.25) is 15.2 Å². The number of H-pyrrole nitrogens is 3. The lowest BCUT2D eigenvalue weighted by molar-refractivity contribution is 0.631. The zero-order chi connectivity index (χ0) is 20.1. The number of nitrogens with one attached hydrogen (secondary N) is 3. The summed E-state index contributed by atoms with van der Waals surface area (Å²) in [6.07, 6.45) is 5.19. The van der Waals surface area contributed by atoms with Crippen LogP contribution in [-0.4, -0.2) is 35.3 Å². The van der Waals surface area contributed by atoms with E-state index in [1.54, 1.807) is 36.8 Å². The number of rotatable bonds is 3. The molecule has 7 nitrogen and oxygen atoms in total. The number of hydrogen-bond donors (Lipinski definition) is 3. The fourth-order valence-corrected chi connectivity index (χ4v) is 3.69. The monoisotopic (exact) mass is 395 g/mol. The van der Waals surface area contributed by atoms with Crippen molar-refractivity contribution >= 4 is 21.9 Å². The second-order valence-electron chi connectivity index (χ2n) is 6.94. The summed E-state index contributed by atoms with van der Waals surface area (Å²) in [6.45, 7) is 0. The van der Waals surface area contributed by atoms with E-state index in [4.69, 9.17) is 4.98 Å². The number of fused-ring (bicyclic) bond motifs is 2. The first kappa shape index (κ1) is 16.6. The Labute approximate surface area is 169 Å². The smallest absolute Gasteiger partial charge is 0.135 e. The molecule has 0 spiro atoms. The number of hydrogen-bond acceptors (Lipinski definition) is 4. The predicted molar refractivity (Wildman–Crippen MR) is 112 cm³/mol. The maximum Gasteiger partial charge on any atom is 0.135 e. The van der Waals surface area contributed by atoms with Gasteiger partial charge in [-0.1, -0.05) is 12.1 Å². The molecule has 1 aromatic carbocycles. The summed E-state index contributed by atoms with van der Waals surface area (Å²) >= 11 is 0. The Balaban J connectivity index is 1.54. The van der Waals surface area contributed by atoms with E-state index in [2.05, 4.69) is 30.4 Å². The van der Waals surface area contributed by atoms with Crippen LogP contribution < -0.4 is 0 Å². The number of halogens is 1. The van der Waals surface area contributed by atoms with Crippen LogP contribution in [0.1, 0.15) is 0 Å². The van der Waals surface area contributed by atoms with E-state index in [9.17, 15) is 4.39 Å². The Kier molecular flexibility index (Phi) is 3.51. The molecule has 0 atom stereocenters. The van der Waals surface area contributed by atoms with Crippen LogP contribution in [0.2, 0.25) is 0 Å². The van der Waals surface area contributed by atoms with Crippen LogP contribution >= 0.6 is 0 Å². The molecule has 3 N–H and O–H groups in total. The van der Waals surface area contributed by atoms with Gasteiger partial charge >= 0.3 is 0 Å². The van der Waals surface area contributed by atoms with Crippen molar-refractivity contribution < 1.29 is 4.39 Å². The van der Waals surface area contributed by atoms with Gasteiger partial charge in [0.05, 0.1) is 28.8 Å². The molecule has 5 aromatic heterocycles. The fourth-order valence-electron chi connectivity index (χ4n) is 3.69. The van der Waals surface area contributed by atoms with Crippen molar-refractivity contribution in [3.05, 3.63) is 72.9 Å². The molecule has 6 aromatic rings. The molecule has 0 bridgehead atoms. The van der Waals surface area contributed by atoms with Gasteiger partial charge in [-0.2, -0.15) is 10.2 Å². The van der Waals surface area contributed by atoms with Gasteiger partial charge in [0.15, 0.2) is 0 Å². The highest BCUT2D eigenvalue weighted by molar-refractivity contribution is 5.99. The van der Waals surface area contributed by atoms with Crippen LogP contribution in [0.25, 0.3) is 55.8 Å². The lowest BCUT2D eigenvalue weighted by atomic mass is 10.1. The number of aromatic amines is 3. The van der Waals surface area contributed by atoms with Crippen LogP contribution in [-0.2, 0) is 0 Å². The molecule has 0 aliphatic heterocycles. The Hall–Kier alpha value is -4.33. The van der Waals surface area contributed by atoms with Crippen molar-refractivity contribution in [1.29, 1.82) is 0 Å². The number of benzene rings is 1. The third kappa shape index (κ3) is 2.51. The van der Waals surface area contributed by atoms with Crippen molar-refractivity contribution in [3.63, 3.8) is 0 Å². The van der Waals surface area contributed by atoms with E-state index in [0.29, 0.717) is 17.0 Å². The highest BCUT2D eigenvalue weighted by Gasteiger charge is 2.17. The van der Waals surface area contributed by atoms with E-state index in [-0.39, 0.29) is 5.82 Å². The minimum absolute atomic E-state index is 0.308. The molecular weight excluding hydrogens is 381 g/mol. The van der Waals surface area contributed by atoms with Gasteiger partial charge < -0.3 is 4.98 Å². The largest absolute Gasteiger partial charge is 0.353 e. The van der Waals surface area contributed by atoms with E-state index in [0.717, 1.165) is 38.9 Å². The summed E-state index contributed by atoms with van der Waals surface area (Å²) in [5.41, 5.74) is 6.60. The Morgan fingerprint density at radius 3 is 2.73 bits per heavy atom. The molecule has 0 aliphatic rings. The summed E-state index contributed by atoms with van der Waals surface area (Å²) < 4.78 is 14.4. The van der Waals surface area contributed by atoms with Crippen molar-refractivity contribution in [2.75, 3.05) is 0 Å². The van der Waals surface area contributed by atoms with E-state index < -0.39 is 0 Å². The summed E-state index contributed by atoms with van der Waals surface area (Å²) in [4.78, 5) is 12.6. The van der Waals surface area contributed by atoms with Crippen LogP contribution in [0.15, 0.2) is 67.1 Å². The maximum absolute atomic E-state index is 14.4. The van der Waals surface area contributed by atoms with Gasteiger partial charge in [-0.25, -0.2) is 9.37 Å². The quantitative estimate of drug-likeness (QED) is 0.404. The van der Waals surface area contributed by atoms with Gasteiger partial charge in [0.1, 0.15) is 17.0 Å².